The Balaban J connectivity index is 1.36. The first-order valence-electron chi connectivity index (χ1n) is 16.1. The quantitative estimate of drug-likeness (QED) is 0.150. The van der Waals surface area contributed by atoms with Gasteiger partial charge < -0.3 is 4.42 Å². The first kappa shape index (κ1) is 26.0. The van der Waals surface area contributed by atoms with Gasteiger partial charge in [0.2, 0.25) is 0 Å². The average Bonchev–Trinajstić information content (AvgIpc) is 3.53. The molecule has 8 aromatic carbocycles. The number of hydrogen-bond donors (Lipinski definition) is 0. The fourth-order valence-corrected chi connectivity index (χ4v) is 7.64. The van der Waals surface area contributed by atoms with E-state index in [9.17, 15) is 0 Å². The van der Waals surface area contributed by atoms with Crippen molar-refractivity contribution in [3.63, 3.8) is 0 Å². The summed E-state index contributed by atoms with van der Waals surface area (Å²) in [7, 11) is 0. The Hall–Kier alpha value is -6.25. The first-order valence-corrected chi connectivity index (χ1v) is 16.1. The average molecular weight is 598 g/mol. The molecule has 218 valence electrons. The molecule has 0 spiro atoms. The van der Waals surface area contributed by atoms with Crippen LogP contribution in [-0.4, -0.2) is 4.98 Å². The predicted molar refractivity (Wildman–Crippen MR) is 198 cm³/mol. The molecule has 0 fully saturated rings. The van der Waals surface area contributed by atoms with Crippen LogP contribution in [0, 0.1) is 0 Å². The van der Waals surface area contributed by atoms with Gasteiger partial charge in [0.1, 0.15) is 11.2 Å². The molecule has 0 saturated heterocycles. The number of para-hydroxylation sites is 1. The predicted octanol–water partition coefficient (Wildman–Crippen LogP) is 12.6. The lowest BCUT2D eigenvalue weighted by molar-refractivity contribution is 0.669. The number of benzene rings is 8. The van der Waals surface area contributed by atoms with Gasteiger partial charge in [-0.3, -0.25) is 0 Å². The van der Waals surface area contributed by atoms with Gasteiger partial charge in [0.05, 0.1) is 11.2 Å². The first-order chi connectivity index (χ1) is 23.3. The molecule has 47 heavy (non-hydrogen) atoms. The molecule has 0 saturated carbocycles. The van der Waals surface area contributed by atoms with Gasteiger partial charge in [-0.1, -0.05) is 133 Å². The smallest absolute Gasteiger partial charge is 0.136 e. The lowest BCUT2D eigenvalue weighted by Gasteiger charge is -2.18. The van der Waals surface area contributed by atoms with Gasteiger partial charge in [0.15, 0.2) is 0 Å². The largest absolute Gasteiger partial charge is 0.456 e. The van der Waals surface area contributed by atoms with Crippen LogP contribution >= 0.6 is 0 Å². The van der Waals surface area contributed by atoms with Gasteiger partial charge in [-0.2, -0.15) is 0 Å². The second kappa shape index (κ2) is 10.1. The van der Waals surface area contributed by atoms with Crippen molar-refractivity contribution in [2.24, 2.45) is 0 Å². The van der Waals surface area contributed by atoms with Crippen molar-refractivity contribution in [1.82, 2.24) is 4.98 Å². The SMILES string of the molecule is c1ccc(-c2c3ccccc3c(-c3ccc4nc(-c5ccccc5)c5ccc6oc7ccccc7c6c5c4c3)c3ccccc23)cc1. The van der Waals surface area contributed by atoms with E-state index in [1.54, 1.807) is 0 Å². The topological polar surface area (TPSA) is 26.0 Å². The maximum absolute atomic E-state index is 6.42. The van der Waals surface area contributed by atoms with E-state index in [4.69, 9.17) is 9.40 Å². The van der Waals surface area contributed by atoms with Crippen molar-refractivity contribution in [2.45, 2.75) is 0 Å². The monoisotopic (exact) mass is 597 g/mol. The van der Waals surface area contributed by atoms with Crippen LogP contribution in [0.15, 0.2) is 168 Å². The molecule has 2 nitrogen and oxygen atoms in total. The van der Waals surface area contributed by atoms with Crippen molar-refractivity contribution in [3.8, 4) is 33.5 Å². The van der Waals surface area contributed by atoms with Crippen LogP contribution in [-0.2, 0) is 0 Å². The molecule has 0 N–H and O–H groups in total. The second-order valence-electron chi connectivity index (χ2n) is 12.2. The Bertz CT molecular complexity index is 2770. The maximum atomic E-state index is 6.42. The molecular weight excluding hydrogens is 571 g/mol. The standard InChI is InChI=1S/C45H27NO/c1-3-13-28(14-4-1)41-31-17-7-9-19-33(31)42(34-20-10-8-18-32(34)41)30-23-25-38-37(27-30)43-36(45(46-38)29-15-5-2-6-16-29)24-26-40-44(43)35-21-11-12-22-39(35)47-40/h1-27H. The zero-order valence-corrected chi connectivity index (χ0v) is 25.4. The summed E-state index contributed by atoms with van der Waals surface area (Å²) in [6.45, 7) is 0. The highest BCUT2D eigenvalue weighted by atomic mass is 16.3. The number of furan rings is 1. The Morgan fingerprint density at radius 2 is 0.894 bits per heavy atom. The summed E-state index contributed by atoms with van der Waals surface area (Å²) in [6, 6.07) is 58.4. The molecule has 2 heteroatoms. The van der Waals surface area contributed by atoms with E-state index in [0.717, 1.165) is 49.5 Å². The number of rotatable bonds is 3. The van der Waals surface area contributed by atoms with Crippen molar-refractivity contribution in [3.05, 3.63) is 164 Å². The zero-order valence-electron chi connectivity index (χ0n) is 25.4. The van der Waals surface area contributed by atoms with Gasteiger partial charge in [-0.25, -0.2) is 4.98 Å². The highest BCUT2D eigenvalue weighted by Crippen LogP contribution is 2.46. The number of hydrogen-bond acceptors (Lipinski definition) is 2. The molecule has 0 aliphatic carbocycles. The molecule has 0 amide bonds. The van der Waals surface area contributed by atoms with Crippen molar-refractivity contribution in [1.29, 1.82) is 0 Å². The van der Waals surface area contributed by atoms with Gasteiger partial charge >= 0.3 is 0 Å². The van der Waals surface area contributed by atoms with Crippen molar-refractivity contribution < 1.29 is 4.42 Å². The zero-order chi connectivity index (χ0) is 30.9. The third-order valence-corrected chi connectivity index (χ3v) is 9.63. The Morgan fingerprint density at radius 3 is 1.55 bits per heavy atom. The van der Waals surface area contributed by atoms with E-state index in [2.05, 4.69) is 158 Å². The maximum Gasteiger partial charge on any atom is 0.136 e. The molecule has 0 radical (unpaired) electrons. The summed E-state index contributed by atoms with van der Waals surface area (Å²) in [5.74, 6) is 0. The van der Waals surface area contributed by atoms with Crippen molar-refractivity contribution >= 4 is 65.2 Å². The molecule has 0 aliphatic heterocycles. The van der Waals surface area contributed by atoms with E-state index in [1.807, 2.05) is 6.07 Å². The van der Waals surface area contributed by atoms with E-state index < -0.39 is 0 Å². The Kier molecular flexibility index (Phi) is 5.61. The highest BCUT2D eigenvalue weighted by molar-refractivity contribution is 6.29. The van der Waals surface area contributed by atoms with E-state index >= 15 is 0 Å². The van der Waals surface area contributed by atoms with Gasteiger partial charge in [0.25, 0.3) is 0 Å². The summed E-state index contributed by atoms with van der Waals surface area (Å²) < 4.78 is 6.42. The molecule has 0 bridgehead atoms. The van der Waals surface area contributed by atoms with E-state index in [0.29, 0.717) is 0 Å². The number of aromatic nitrogens is 1. The van der Waals surface area contributed by atoms with Crippen molar-refractivity contribution in [2.75, 3.05) is 0 Å². The van der Waals surface area contributed by atoms with Gasteiger partial charge in [-0.05, 0) is 74.1 Å². The van der Waals surface area contributed by atoms with Crippen LogP contribution in [0.25, 0.3) is 98.7 Å². The lowest BCUT2D eigenvalue weighted by Crippen LogP contribution is -1.93. The van der Waals surface area contributed by atoms with E-state index in [-0.39, 0.29) is 0 Å². The second-order valence-corrected chi connectivity index (χ2v) is 12.2. The van der Waals surface area contributed by atoms with Crippen LogP contribution in [0.4, 0.5) is 0 Å². The third kappa shape index (κ3) is 3.89. The summed E-state index contributed by atoms with van der Waals surface area (Å²) >= 11 is 0. The van der Waals surface area contributed by atoms with Crippen LogP contribution in [0.1, 0.15) is 0 Å². The molecule has 10 aromatic rings. The molecule has 0 atom stereocenters. The normalized spacial score (nSPS) is 11.8. The fourth-order valence-electron chi connectivity index (χ4n) is 7.64. The van der Waals surface area contributed by atoms with Gasteiger partial charge in [0, 0.05) is 32.5 Å². The van der Waals surface area contributed by atoms with Crippen LogP contribution in [0.2, 0.25) is 0 Å². The Labute approximate surface area is 271 Å². The van der Waals surface area contributed by atoms with E-state index in [1.165, 1.54) is 49.2 Å². The van der Waals surface area contributed by atoms with Crippen LogP contribution in [0.5, 0.6) is 0 Å². The number of pyridine rings is 1. The minimum atomic E-state index is 0.888. The third-order valence-electron chi connectivity index (χ3n) is 9.63. The highest BCUT2D eigenvalue weighted by Gasteiger charge is 2.20. The number of nitrogens with zero attached hydrogens (tertiary/aromatic N) is 1. The molecular formula is C45H27NO. The summed E-state index contributed by atoms with van der Waals surface area (Å²) in [6.07, 6.45) is 0. The molecule has 0 unspecified atom stereocenters. The number of fused-ring (bicyclic) bond motifs is 9. The Morgan fingerprint density at radius 1 is 0.340 bits per heavy atom. The fraction of sp³-hybridized carbons (Fsp3) is 0. The van der Waals surface area contributed by atoms with Gasteiger partial charge in [-0.15, -0.1) is 0 Å². The molecule has 10 rings (SSSR count). The molecule has 2 aromatic heterocycles. The summed E-state index contributed by atoms with van der Waals surface area (Å²) in [4.78, 5) is 5.33. The lowest BCUT2D eigenvalue weighted by atomic mass is 9.85. The molecule has 2 heterocycles. The molecule has 0 aliphatic rings. The minimum absolute atomic E-state index is 0.888. The van der Waals surface area contributed by atoms with Crippen LogP contribution in [0.3, 0.4) is 0 Å². The summed E-state index contributed by atoms with van der Waals surface area (Å²) in [5, 5.41) is 10.6. The van der Waals surface area contributed by atoms with Crippen LogP contribution < -0.4 is 0 Å². The summed E-state index contributed by atoms with van der Waals surface area (Å²) in [5.41, 5.74) is 9.74. The minimum Gasteiger partial charge on any atom is -0.456 e.